The monoisotopic (exact) mass is 295 g/mol. The van der Waals surface area contributed by atoms with Crippen LogP contribution in [0.2, 0.25) is 0 Å². The quantitative estimate of drug-likeness (QED) is 0.865. The van der Waals surface area contributed by atoms with Crippen LogP contribution in [0.15, 0.2) is 29.6 Å². The van der Waals surface area contributed by atoms with Gasteiger partial charge < -0.3 is 5.32 Å². The Balaban J connectivity index is 2.40. The Hall–Kier alpha value is -2.09. The second kappa shape index (κ2) is 5.49. The minimum Gasteiger partial charge on any atom is -0.386 e. The molecule has 0 bridgehead atoms. The van der Waals surface area contributed by atoms with Crippen LogP contribution in [0.5, 0.6) is 0 Å². The third kappa shape index (κ3) is 2.74. The summed E-state index contributed by atoms with van der Waals surface area (Å²) >= 11 is 0. The SMILES string of the molecule is CCc1nn(C)cc1NS(=O)(=O)c1ncccc1NC. The van der Waals surface area contributed by atoms with Crippen LogP contribution in [0.25, 0.3) is 0 Å². The van der Waals surface area contributed by atoms with E-state index in [4.69, 9.17) is 0 Å². The van der Waals surface area contributed by atoms with Crippen LogP contribution >= 0.6 is 0 Å². The first-order valence-electron chi connectivity index (χ1n) is 6.16. The summed E-state index contributed by atoms with van der Waals surface area (Å²) in [6.07, 6.45) is 3.72. The summed E-state index contributed by atoms with van der Waals surface area (Å²) in [6, 6.07) is 3.33. The van der Waals surface area contributed by atoms with Crippen LogP contribution in [0.1, 0.15) is 12.6 Å². The van der Waals surface area contributed by atoms with Crippen molar-refractivity contribution in [3.63, 3.8) is 0 Å². The second-order valence-electron chi connectivity index (χ2n) is 4.23. The van der Waals surface area contributed by atoms with Crippen LogP contribution in [-0.4, -0.2) is 30.2 Å². The lowest BCUT2D eigenvalue weighted by Gasteiger charge is -2.10. The number of sulfonamides is 1. The molecule has 0 fully saturated rings. The number of hydrogen-bond donors (Lipinski definition) is 2. The van der Waals surface area contributed by atoms with E-state index >= 15 is 0 Å². The van der Waals surface area contributed by atoms with Crippen molar-refractivity contribution in [2.24, 2.45) is 7.05 Å². The van der Waals surface area contributed by atoms with Gasteiger partial charge in [0.2, 0.25) is 0 Å². The van der Waals surface area contributed by atoms with Crippen LogP contribution in [0.3, 0.4) is 0 Å². The van der Waals surface area contributed by atoms with Crippen LogP contribution in [0, 0.1) is 0 Å². The topological polar surface area (TPSA) is 88.9 Å². The Kier molecular flexibility index (Phi) is 3.93. The van der Waals surface area contributed by atoms with E-state index in [1.54, 1.807) is 37.1 Å². The second-order valence-corrected chi connectivity index (χ2v) is 5.83. The van der Waals surface area contributed by atoms with Crippen molar-refractivity contribution in [1.82, 2.24) is 14.8 Å². The molecule has 8 heteroatoms. The molecule has 2 aromatic heterocycles. The fourth-order valence-corrected chi connectivity index (χ4v) is 3.09. The average molecular weight is 295 g/mol. The Morgan fingerprint density at radius 2 is 2.10 bits per heavy atom. The molecule has 0 aliphatic rings. The molecule has 0 aliphatic carbocycles. The number of hydrogen-bond acceptors (Lipinski definition) is 5. The molecule has 0 saturated heterocycles. The lowest BCUT2D eigenvalue weighted by atomic mass is 10.3. The molecule has 0 radical (unpaired) electrons. The molecule has 20 heavy (non-hydrogen) atoms. The fraction of sp³-hybridized carbons (Fsp3) is 0.333. The molecule has 0 spiro atoms. The van der Waals surface area contributed by atoms with Crippen LogP contribution in [-0.2, 0) is 23.5 Å². The molecule has 0 atom stereocenters. The number of nitrogens with zero attached hydrogens (tertiary/aromatic N) is 3. The molecule has 2 heterocycles. The molecule has 2 aromatic rings. The first kappa shape index (κ1) is 14.3. The van der Waals surface area contributed by atoms with Gasteiger partial charge in [-0.2, -0.15) is 13.5 Å². The van der Waals surface area contributed by atoms with E-state index in [9.17, 15) is 8.42 Å². The summed E-state index contributed by atoms with van der Waals surface area (Å²) in [6.45, 7) is 1.92. The van der Waals surface area contributed by atoms with Crippen molar-refractivity contribution in [3.8, 4) is 0 Å². The minimum absolute atomic E-state index is 0.0339. The van der Waals surface area contributed by atoms with Gasteiger partial charge in [0.1, 0.15) is 0 Å². The Bertz CT molecular complexity index is 708. The molecule has 2 N–H and O–H groups in total. The zero-order chi connectivity index (χ0) is 14.8. The lowest BCUT2D eigenvalue weighted by molar-refractivity contribution is 0.598. The summed E-state index contributed by atoms with van der Waals surface area (Å²) in [7, 11) is -0.355. The van der Waals surface area contributed by atoms with E-state index in [1.165, 1.54) is 6.20 Å². The molecule has 0 aliphatic heterocycles. The molecule has 0 unspecified atom stereocenters. The molecule has 108 valence electrons. The van der Waals surface area contributed by atoms with E-state index < -0.39 is 10.0 Å². The zero-order valence-electron chi connectivity index (χ0n) is 11.6. The standard InChI is InChI=1S/C12H17N5O2S/c1-4-9-11(8-17(3)15-9)16-20(18,19)12-10(13-2)6-5-7-14-12/h5-8,13,16H,4H2,1-3H3. The van der Waals surface area contributed by atoms with Crippen molar-refractivity contribution in [3.05, 3.63) is 30.2 Å². The largest absolute Gasteiger partial charge is 0.386 e. The van der Waals surface area contributed by atoms with Gasteiger partial charge in [0, 0.05) is 26.5 Å². The van der Waals surface area contributed by atoms with Crippen molar-refractivity contribution >= 4 is 21.4 Å². The first-order valence-corrected chi connectivity index (χ1v) is 7.64. The molecule has 7 nitrogen and oxygen atoms in total. The molecular weight excluding hydrogens is 278 g/mol. The van der Waals surface area contributed by atoms with Gasteiger partial charge in [0.15, 0.2) is 5.03 Å². The Labute approximate surface area is 118 Å². The van der Waals surface area contributed by atoms with Gasteiger partial charge in [-0.05, 0) is 18.6 Å². The minimum atomic E-state index is -3.75. The first-order chi connectivity index (χ1) is 9.47. The highest BCUT2D eigenvalue weighted by Gasteiger charge is 2.21. The molecule has 0 amide bonds. The summed E-state index contributed by atoms with van der Waals surface area (Å²) in [5.41, 5.74) is 1.61. The van der Waals surface area contributed by atoms with Gasteiger partial charge in [-0.25, -0.2) is 4.98 Å². The van der Waals surface area contributed by atoms with E-state index in [1.807, 2.05) is 6.92 Å². The Morgan fingerprint density at radius 1 is 1.35 bits per heavy atom. The summed E-state index contributed by atoms with van der Waals surface area (Å²) < 4.78 is 28.9. The van der Waals surface area contributed by atoms with E-state index in [2.05, 4.69) is 20.1 Å². The highest BCUT2D eigenvalue weighted by Crippen LogP contribution is 2.22. The van der Waals surface area contributed by atoms with Gasteiger partial charge in [0.05, 0.1) is 17.1 Å². The van der Waals surface area contributed by atoms with Crippen molar-refractivity contribution in [2.75, 3.05) is 17.1 Å². The third-order valence-electron chi connectivity index (χ3n) is 2.78. The maximum Gasteiger partial charge on any atom is 0.281 e. The van der Waals surface area contributed by atoms with E-state index in [0.717, 1.165) is 0 Å². The Morgan fingerprint density at radius 3 is 2.75 bits per heavy atom. The average Bonchev–Trinajstić information content (AvgIpc) is 2.77. The number of rotatable bonds is 5. The normalized spacial score (nSPS) is 11.3. The maximum absolute atomic E-state index is 12.4. The highest BCUT2D eigenvalue weighted by molar-refractivity contribution is 7.92. The van der Waals surface area contributed by atoms with Gasteiger partial charge in [-0.3, -0.25) is 9.40 Å². The van der Waals surface area contributed by atoms with E-state index in [0.29, 0.717) is 23.5 Å². The maximum atomic E-state index is 12.4. The van der Waals surface area contributed by atoms with E-state index in [-0.39, 0.29) is 5.03 Å². The number of aryl methyl sites for hydroxylation is 2. The van der Waals surface area contributed by atoms with Gasteiger partial charge in [-0.15, -0.1) is 0 Å². The summed E-state index contributed by atoms with van der Waals surface area (Å²) in [5, 5.41) is 6.99. The fourth-order valence-electron chi connectivity index (χ4n) is 1.87. The van der Waals surface area contributed by atoms with Crippen molar-refractivity contribution in [2.45, 2.75) is 18.4 Å². The third-order valence-corrected chi connectivity index (χ3v) is 4.10. The number of pyridine rings is 1. The number of anilines is 2. The highest BCUT2D eigenvalue weighted by atomic mass is 32.2. The van der Waals surface area contributed by atoms with Crippen LogP contribution < -0.4 is 10.0 Å². The zero-order valence-corrected chi connectivity index (χ0v) is 12.4. The molecule has 0 aromatic carbocycles. The summed E-state index contributed by atoms with van der Waals surface area (Å²) in [5.74, 6) is 0. The molecular formula is C12H17N5O2S. The van der Waals surface area contributed by atoms with Crippen molar-refractivity contribution < 1.29 is 8.42 Å². The number of nitrogens with one attached hydrogen (secondary N) is 2. The van der Waals surface area contributed by atoms with Crippen LogP contribution in [0.4, 0.5) is 11.4 Å². The molecule has 0 saturated carbocycles. The van der Waals surface area contributed by atoms with Gasteiger partial charge in [-0.1, -0.05) is 6.92 Å². The predicted molar refractivity (Wildman–Crippen MR) is 77.2 cm³/mol. The van der Waals surface area contributed by atoms with Crippen molar-refractivity contribution in [1.29, 1.82) is 0 Å². The summed E-state index contributed by atoms with van der Waals surface area (Å²) in [4.78, 5) is 3.94. The smallest absolute Gasteiger partial charge is 0.281 e. The lowest BCUT2D eigenvalue weighted by Crippen LogP contribution is -2.16. The predicted octanol–water partition coefficient (Wildman–Crippen LogP) is 1.22. The van der Waals surface area contributed by atoms with Gasteiger partial charge >= 0.3 is 0 Å². The number of aromatic nitrogens is 3. The van der Waals surface area contributed by atoms with Gasteiger partial charge in [0.25, 0.3) is 10.0 Å². The molecule has 2 rings (SSSR count).